The summed E-state index contributed by atoms with van der Waals surface area (Å²) in [6.45, 7) is 10.1. The van der Waals surface area contributed by atoms with Crippen molar-refractivity contribution in [2.45, 2.75) is 69.4 Å². The van der Waals surface area contributed by atoms with Crippen LogP contribution in [0.15, 0.2) is 162 Å². The standard InChI is InChI=1S/C40H28.C7H15BO2/c1-4-15-27(16-5-1)39-32-22-12-11-19-30(32)31-20-14-26-37(38(31)39)40(36-25-9-3-8-24-35(36)39)33-21-7-2-6-17-28(33)29-18-10-13-23-34(29)40;1-6(2)7(3,4)10-8(5)9-6/h1,3-8,10-26H,2,9H2;1-5H3. The molecule has 3 heteroatoms. The van der Waals surface area contributed by atoms with E-state index in [0.29, 0.717) is 0 Å². The minimum absolute atomic E-state index is 0.0648. The fourth-order valence-electron chi connectivity index (χ4n) is 9.65. The maximum atomic E-state index is 5.54. The van der Waals surface area contributed by atoms with Crippen LogP contribution in [-0.2, 0) is 20.1 Å². The van der Waals surface area contributed by atoms with Crippen molar-refractivity contribution in [3.8, 4) is 11.1 Å². The van der Waals surface area contributed by atoms with Crippen molar-refractivity contribution in [2.24, 2.45) is 0 Å². The molecule has 0 amide bonds. The fourth-order valence-corrected chi connectivity index (χ4v) is 9.65. The lowest BCUT2D eigenvalue weighted by Crippen LogP contribution is -2.45. The zero-order chi connectivity index (χ0) is 34.3. The Morgan fingerprint density at radius 1 is 0.560 bits per heavy atom. The highest BCUT2D eigenvalue weighted by atomic mass is 16.7. The Bertz CT molecular complexity index is 2230. The van der Waals surface area contributed by atoms with Gasteiger partial charge in [0.2, 0.25) is 0 Å². The van der Waals surface area contributed by atoms with Gasteiger partial charge in [-0.25, -0.2) is 0 Å². The number of allylic oxidation sites excluding steroid dienone is 12. The van der Waals surface area contributed by atoms with Crippen LogP contribution < -0.4 is 0 Å². The molecule has 5 aliphatic carbocycles. The molecule has 1 saturated heterocycles. The van der Waals surface area contributed by atoms with E-state index in [1.807, 2.05) is 6.82 Å². The predicted octanol–water partition coefficient (Wildman–Crippen LogP) is 11.1. The van der Waals surface area contributed by atoms with Gasteiger partial charge in [-0.15, -0.1) is 0 Å². The maximum absolute atomic E-state index is 5.54. The molecule has 50 heavy (non-hydrogen) atoms. The molecule has 2 atom stereocenters. The van der Waals surface area contributed by atoms with E-state index in [2.05, 4.69) is 173 Å². The second-order valence-corrected chi connectivity index (χ2v) is 15.2. The summed E-state index contributed by atoms with van der Waals surface area (Å²) >= 11 is 0. The van der Waals surface area contributed by atoms with Crippen molar-refractivity contribution in [3.05, 3.63) is 196 Å². The Kier molecular flexibility index (Phi) is 6.98. The Morgan fingerprint density at radius 3 is 1.90 bits per heavy atom. The number of fused-ring (bicyclic) bond motifs is 11. The number of rotatable bonds is 1. The van der Waals surface area contributed by atoms with Crippen molar-refractivity contribution in [1.29, 1.82) is 0 Å². The minimum Gasteiger partial charge on any atom is -0.403 e. The molecule has 246 valence electrons. The normalized spacial score (nSPS) is 25.3. The quantitative estimate of drug-likeness (QED) is 0.191. The van der Waals surface area contributed by atoms with E-state index in [4.69, 9.17) is 9.31 Å². The van der Waals surface area contributed by atoms with Gasteiger partial charge in [-0.3, -0.25) is 0 Å². The van der Waals surface area contributed by atoms with Crippen LogP contribution in [0.5, 0.6) is 0 Å². The molecule has 0 radical (unpaired) electrons. The van der Waals surface area contributed by atoms with Gasteiger partial charge in [0.15, 0.2) is 0 Å². The molecule has 0 bridgehead atoms. The molecule has 10 rings (SSSR count). The first-order chi connectivity index (χ1) is 24.2. The molecular weight excluding hydrogens is 607 g/mol. The van der Waals surface area contributed by atoms with Crippen LogP contribution in [0.3, 0.4) is 0 Å². The summed E-state index contributed by atoms with van der Waals surface area (Å²) in [6, 6.07) is 36.6. The number of hydrogen-bond acceptors (Lipinski definition) is 2. The molecular formula is C47H43BO2. The molecule has 4 aromatic carbocycles. The van der Waals surface area contributed by atoms with Crippen molar-refractivity contribution in [1.82, 2.24) is 0 Å². The molecule has 4 aromatic rings. The molecule has 0 saturated carbocycles. The zero-order valence-electron chi connectivity index (χ0n) is 29.7. The third kappa shape index (κ3) is 4.05. The Morgan fingerprint density at radius 2 is 1.18 bits per heavy atom. The molecule has 1 heterocycles. The van der Waals surface area contributed by atoms with Crippen LogP contribution >= 0.6 is 0 Å². The highest BCUT2D eigenvalue weighted by molar-refractivity contribution is 6.43. The summed E-state index contributed by atoms with van der Waals surface area (Å²) in [5, 5.41) is 0. The lowest BCUT2D eigenvalue weighted by atomic mass is 9.50. The van der Waals surface area contributed by atoms with Gasteiger partial charge in [-0.1, -0.05) is 146 Å². The summed E-state index contributed by atoms with van der Waals surface area (Å²) < 4.78 is 11.1. The smallest absolute Gasteiger partial charge is 0.403 e. The SMILES string of the molecule is C1=CCC=C2C(=C1)C1(c3ccccc3)c3ccccc3-c3cccc(c31)C21C2=C(C=CCC=C2)c2ccccc21.CB1OC(C)(C)C(C)(C)O1. The van der Waals surface area contributed by atoms with Gasteiger partial charge in [0.1, 0.15) is 0 Å². The Labute approximate surface area is 297 Å². The molecule has 1 spiro atoms. The van der Waals surface area contributed by atoms with Gasteiger partial charge < -0.3 is 9.31 Å². The first-order valence-electron chi connectivity index (χ1n) is 18.1. The summed E-state index contributed by atoms with van der Waals surface area (Å²) in [7, 11) is -0.0648. The van der Waals surface area contributed by atoms with Gasteiger partial charge in [0.05, 0.1) is 22.0 Å². The van der Waals surface area contributed by atoms with Crippen molar-refractivity contribution in [2.75, 3.05) is 0 Å². The van der Waals surface area contributed by atoms with Gasteiger partial charge in [0, 0.05) is 0 Å². The van der Waals surface area contributed by atoms with Crippen LogP contribution in [0.1, 0.15) is 73.9 Å². The first-order valence-corrected chi connectivity index (χ1v) is 18.1. The molecule has 0 N–H and O–H groups in total. The number of hydrogen-bond donors (Lipinski definition) is 0. The first kappa shape index (κ1) is 31.3. The summed E-state index contributed by atoms with van der Waals surface area (Å²) in [6.07, 6.45) is 20.9. The van der Waals surface area contributed by atoms with E-state index in [-0.39, 0.29) is 29.2 Å². The Balaban J connectivity index is 0.000000293. The average molecular weight is 651 g/mol. The van der Waals surface area contributed by atoms with E-state index in [1.54, 1.807) is 0 Å². The van der Waals surface area contributed by atoms with E-state index < -0.39 is 0 Å². The topological polar surface area (TPSA) is 18.5 Å². The molecule has 1 fully saturated rings. The molecule has 1 aliphatic heterocycles. The number of benzene rings is 4. The molecule has 0 aromatic heterocycles. The molecule has 6 aliphatic rings. The minimum atomic E-state index is -0.377. The average Bonchev–Trinajstić information content (AvgIpc) is 3.38. The monoisotopic (exact) mass is 650 g/mol. The van der Waals surface area contributed by atoms with Crippen molar-refractivity contribution >= 4 is 12.7 Å². The summed E-state index contributed by atoms with van der Waals surface area (Å²) in [5.74, 6) is 0. The maximum Gasteiger partial charge on any atom is 0.454 e. The second kappa shape index (κ2) is 11.2. The third-order valence-corrected chi connectivity index (χ3v) is 12.2. The lowest BCUT2D eigenvalue weighted by Gasteiger charge is -2.51. The molecule has 2 unspecified atom stereocenters. The second-order valence-electron chi connectivity index (χ2n) is 15.2. The zero-order valence-corrected chi connectivity index (χ0v) is 29.7. The van der Waals surface area contributed by atoms with E-state index in [9.17, 15) is 0 Å². The highest BCUT2D eigenvalue weighted by Crippen LogP contribution is 2.70. The van der Waals surface area contributed by atoms with Crippen molar-refractivity contribution in [3.63, 3.8) is 0 Å². The van der Waals surface area contributed by atoms with Gasteiger partial charge in [0.25, 0.3) is 0 Å². The van der Waals surface area contributed by atoms with Crippen molar-refractivity contribution < 1.29 is 9.31 Å². The predicted molar refractivity (Wildman–Crippen MR) is 207 cm³/mol. The van der Waals surface area contributed by atoms with Gasteiger partial charge >= 0.3 is 7.12 Å². The van der Waals surface area contributed by atoms with Gasteiger partial charge in [-0.2, -0.15) is 0 Å². The van der Waals surface area contributed by atoms with E-state index >= 15 is 0 Å². The summed E-state index contributed by atoms with van der Waals surface area (Å²) in [5.41, 5.74) is 15.6. The van der Waals surface area contributed by atoms with Crippen LogP contribution in [0.25, 0.3) is 16.7 Å². The van der Waals surface area contributed by atoms with E-state index in [0.717, 1.165) is 12.8 Å². The lowest BCUT2D eigenvalue weighted by molar-refractivity contribution is 0.00578. The van der Waals surface area contributed by atoms with Crippen LogP contribution in [0, 0.1) is 0 Å². The summed E-state index contributed by atoms with van der Waals surface area (Å²) in [4.78, 5) is 0. The van der Waals surface area contributed by atoms with Crippen LogP contribution in [0.2, 0.25) is 6.82 Å². The third-order valence-electron chi connectivity index (χ3n) is 12.2. The van der Waals surface area contributed by atoms with Gasteiger partial charge in [-0.05, 0) is 114 Å². The van der Waals surface area contributed by atoms with E-state index in [1.165, 1.54) is 66.8 Å². The Hall–Kier alpha value is -4.70. The highest BCUT2D eigenvalue weighted by Gasteiger charge is 2.61. The fraction of sp³-hybridized carbons (Fsp3) is 0.234. The molecule has 2 nitrogen and oxygen atoms in total. The van der Waals surface area contributed by atoms with Crippen LogP contribution in [0.4, 0.5) is 0 Å². The largest absolute Gasteiger partial charge is 0.454 e. The van der Waals surface area contributed by atoms with Crippen LogP contribution in [-0.4, -0.2) is 18.3 Å².